The van der Waals surface area contributed by atoms with E-state index in [0.29, 0.717) is 12.8 Å². The van der Waals surface area contributed by atoms with Crippen LogP contribution in [0.4, 0.5) is 0 Å². The Morgan fingerprint density at radius 1 is 1.45 bits per heavy atom. The summed E-state index contributed by atoms with van der Waals surface area (Å²) in [6.45, 7) is 11.8. The maximum Gasteiger partial charge on any atom is 0.232 e. The number of hydrogen-bond acceptors (Lipinski definition) is 3. The molecule has 1 aromatic rings. The van der Waals surface area contributed by atoms with E-state index in [4.69, 9.17) is 0 Å². The maximum atomic E-state index is 12.8. The van der Waals surface area contributed by atoms with E-state index >= 15 is 0 Å². The van der Waals surface area contributed by atoms with Gasteiger partial charge in [-0.2, -0.15) is 0 Å². The smallest absolute Gasteiger partial charge is 0.232 e. The average Bonchev–Trinajstić information content (AvgIpc) is 2.82. The van der Waals surface area contributed by atoms with Gasteiger partial charge in [0.05, 0.1) is 11.0 Å². The van der Waals surface area contributed by atoms with Gasteiger partial charge in [0.15, 0.2) is 0 Å². The normalized spacial score (nSPS) is 22.9. The van der Waals surface area contributed by atoms with Gasteiger partial charge in [0.25, 0.3) is 0 Å². The molecule has 1 aromatic heterocycles. The third kappa shape index (κ3) is 2.90. The number of carbonyl (C=O) groups is 1. The average molecular weight is 319 g/mol. The molecule has 0 aliphatic heterocycles. The fourth-order valence-corrected chi connectivity index (χ4v) is 4.32. The van der Waals surface area contributed by atoms with Crippen LogP contribution in [-0.4, -0.2) is 23.2 Å². The number of carbonyl (C=O) groups excluding carboxylic acids is 1. The van der Waals surface area contributed by atoms with Crippen molar-refractivity contribution in [2.45, 2.75) is 44.1 Å². The van der Waals surface area contributed by atoms with E-state index in [2.05, 4.69) is 32.3 Å². The number of hydrogen-bond donors (Lipinski definition) is 2. The predicted molar refractivity (Wildman–Crippen MR) is 92.0 cm³/mol. The van der Waals surface area contributed by atoms with Crippen LogP contribution in [0.2, 0.25) is 0 Å². The van der Waals surface area contributed by atoms with Crippen molar-refractivity contribution in [3.8, 4) is 0 Å². The summed E-state index contributed by atoms with van der Waals surface area (Å²) < 4.78 is 0. The highest BCUT2D eigenvalue weighted by Crippen LogP contribution is 2.65. The molecule has 0 bridgehead atoms. The minimum absolute atomic E-state index is 0.00602. The highest BCUT2D eigenvalue weighted by atomic mass is 32.1. The fourth-order valence-electron chi connectivity index (χ4n) is 3.22. The number of thiophene rings is 1. The largest absolute Gasteiger partial charge is 0.387 e. The zero-order chi connectivity index (χ0) is 16.4. The molecule has 1 atom stereocenters. The molecule has 2 N–H and O–H groups in total. The summed E-state index contributed by atoms with van der Waals surface area (Å²) in [5.74, 6) is 0.00602. The molecule has 1 aliphatic rings. The topological polar surface area (TPSA) is 49.3 Å². The second kappa shape index (κ2) is 6.01. The quantitative estimate of drug-likeness (QED) is 0.721. The van der Waals surface area contributed by atoms with E-state index in [9.17, 15) is 9.90 Å². The summed E-state index contributed by atoms with van der Waals surface area (Å²) in [6, 6.07) is 4.01. The Balaban J connectivity index is 2.11. The van der Waals surface area contributed by atoms with Gasteiger partial charge >= 0.3 is 0 Å². The van der Waals surface area contributed by atoms with Crippen LogP contribution in [0.25, 0.3) is 0 Å². The van der Waals surface area contributed by atoms with Gasteiger partial charge in [0.1, 0.15) is 0 Å². The van der Waals surface area contributed by atoms with Gasteiger partial charge in [-0.1, -0.05) is 32.1 Å². The van der Waals surface area contributed by atoms with Crippen molar-refractivity contribution in [3.63, 3.8) is 0 Å². The van der Waals surface area contributed by atoms with Crippen LogP contribution in [-0.2, 0) is 10.2 Å². The van der Waals surface area contributed by atoms with Crippen molar-refractivity contribution in [2.75, 3.05) is 6.54 Å². The molecule has 0 unspecified atom stereocenters. The first kappa shape index (κ1) is 17.0. The third-order valence-electron chi connectivity index (χ3n) is 4.69. The molecule has 1 saturated carbocycles. The van der Waals surface area contributed by atoms with Crippen molar-refractivity contribution >= 4 is 17.2 Å². The van der Waals surface area contributed by atoms with Crippen LogP contribution in [0.1, 0.15) is 38.0 Å². The van der Waals surface area contributed by atoms with Crippen LogP contribution >= 0.6 is 11.3 Å². The molecule has 1 amide bonds. The Labute approximate surface area is 136 Å². The van der Waals surface area contributed by atoms with Gasteiger partial charge in [-0.25, -0.2) is 0 Å². The Hall–Kier alpha value is -1.39. The molecule has 4 heteroatoms. The number of amides is 1. The summed E-state index contributed by atoms with van der Waals surface area (Å²) in [4.78, 5) is 13.9. The molecular weight excluding hydrogens is 294 g/mol. The molecule has 0 aromatic carbocycles. The van der Waals surface area contributed by atoms with Crippen LogP contribution in [0.15, 0.2) is 42.8 Å². The Bertz CT molecular complexity index is 552. The van der Waals surface area contributed by atoms with Crippen molar-refractivity contribution in [1.82, 2.24) is 5.32 Å². The van der Waals surface area contributed by atoms with Crippen molar-refractivity contribution in [1.29, 1.82) is 0 Å². The highest BCUT2D eigenvalue weighted by Gasteiger charge is 2.67. The fraction of sp³-hybridized carbons (Fsp3) is 0.500. The molecule has 3 nitrogen and oxygen atoms in total. The lowest BCUT2D eigenvalue weighted by Gasteiger charge is -2.28. The predicted octanol–water partition coefficient (Wildman–Crippen LogP) is 3.42. The van der Waals surface area contributed by atoms with Crippen LogP contribution < -0.4 is 5.32 Å². The first-order valence-corrected chi connectivity index (χ1v) is 8.46. The van der Waals surface area contributed by atoms with Gasteiger partial charge in [-0.3, -0.25) is 4.79 Å². The van der Waals surface area contributed by atoms with Crippen LogP contribution in [0, 0.1) is 5.41 Å². The van der Waals surface area contributed by atoms with Gasteiger partial charge in [0, 0.05) is 11.4 Å². The van der Waals surface area contributed by atoms with Crippen LogP contribution in [0.5, 0.6) is 0 Å². The second-order valence-electron chi connectivity index (χ2n) is 6.84. The molecular formula is C18H25NO2S. The molecule has 1 aliphatic carbocycles. The molecule has 1 fully saturated rings. The van der Waals surface area contributed by atoms with E-state index in [-0.39, 0.29) is 17.9 Å². The van der Waals surface area contributed by atoms with Crippen molar-refractivity contribution in [2.24, 2.45) is 5.41 Å². The van der Waals surface area contributed by atoms with E-state index in [1.807, 2.05) is 17.5 Å². The lowest BCUT2D eigenvalue weighted by Crippen LogP contribution is -2.46. The second-order valence-corrected chi connectivity index (χ2v) is 7.78. The monoisotopic (exact) mass is 319 g/mol. The van der Waals surface area contributed by atoms with E-state index in [1.54, 1.807) is 23.5 Å². The molecule has 0 radical (unpaired) electrons. The molecule has 2 rings (SSSR count). The molecule has 120 valence electrons. The summed E-state index contributed by atoms with van der Waals surface area (Å²) in [5, 5.41) is 15.5. The number of rotatable bonds is 8. The standard InChI is InChI=1S/C18H25NO2S/c1-5-9-17(21,10-6-2)13-19-15(20)18(12-16(18,3)4)14-8-7-11-22-14/h5-8,11,21H,1-2,9-10,12-13H2,3-4H3,(H,19,20)/t18-/m0/s1. The SMILES string of the molecule is C=CCC(O)(CC=C)CNC(=O)[C@@]1(c2cccs2)CC1(C)C. The molecule has 0 saturated heterocycles. The molecule has 1 heterocycles. The Morgan fingerprint density at radius 3 is 2.45 bits per heavy atom. The van der Waals surface area contributed by atoms with Gasteiger partial charge in [-0.05, 0) is 36.1 Å². The molecule has 22 heavy (non-hydrogen) atoms. The van der Waals surface area contributed by atoms with Crippen molar-refractivity contribution in [3.05, 3.63) is 47.7 Å². The van der Waals surface area contributed by atoms with Gasteiger partial charge < -0.3 is 10.4 Å². The van der Waals surface area contributed by atoms with Crippen LogP contribution in [0.3, 0.4) is 0 Å². The van der Waals surface area contributed by atoms with E-state index < -0.39 is 11.0 Å². The number of nitrogens with one attached hydrogen (secondary N) is 1. The first-order chi connectivity index (χ1) is 10.3. The summed E-state index contributed by atoms with van der Waals surface area (Å²) in [6.07, 6.45) is 5.04. The first-order valence-electron chi connectivity index (χ1n) is 7.58. The van der Waals surface area contributed by atoms with Crippen molar-refractivity contribution < 1.29 is 9.90 Å². The zero-order valence-corrected chi connectivity index (χ0v) is 14.2. The van der Waals surface area contributed by atoms with E-state index in [1.165, 1.54) is 0 Å². The van der Waals surface area contributed by atoms with Gasteiger partial charge in [0.2, 0.25) is 5.91 Å². The highest BCUT2D eigenvalue weighted by molar-refractivity contribution is 7.10. The maximum absolute atomic E-state index is 12.8. The Morgan fingerprint density at radius 2 is 2.05 bits per heavy atom. The third-order valence-corrected chi connectivity index (χ3v) is 5.73. The molecule has 0 spiro atoms. The lowest BCUT2D eigenvalue weighted by molar-refractivity contribution is -0.125. The minimum Gasteiger partial charge on any atom is -0.387 e. The number of aliphatic hydroxyl groups is 1. The summed E-state index contributed by atoms with van der Waals surface area (Å²) >= 11 is 1.62. The zero-order valence-electron chi connectivity index (χ0n) is 13.4. The Kier molecular flexibility index (Phi) is 4.64. The minimum atomic E-state index is -1.01. The summed E-state index contributed by atoms with van der Waals surface area (Å²) in [7, 11) is 0. The van der Waals surface area contributed by atoms with Gasteiger partial charge in [-0.15, -0.1) is 24.5 Å². The van der Waals surface area contributed by atoms with E-state index in [0.717, 1.165) is 11.3 Å². The lowest BCUT2D eigenvalue weighted by atomic mass is 9.91. The summed E-state index contributed by atoms with van der Waals surface area (Å²) in [5.41, 5.74) is -1.50.